The smallest absolute Gasteiger partial charge is 0.241 e. The number of nitrogens with one attached hydrogen (secondary N) is 1. The molecule has 7 heteroatoms. The summed E-state index contributed by atoms with van der Waals surface area (Å²) >= 11 is 0. The van der Waals surface area contributed by atoms with Crippen molar-refractivity contribution in [1.29, 1.82) is 0 Å². The van der Waals surface area contributed by atoms with E-state index in [1.54, 1.807) is 0 Å². The molecule has 1 aromatic carbocycles. The quantitative estimate of drug-likeness (QED) is 0.711. The number of aliphatic hydroxyl groups excluding tert-OH is 2. The van der Waals surface area contributed by atoms with E-state index in [1.165, 1.54) is 13.8 Å². The molecular formula is C11H16FNO4S. The molecule has 0 fully saturated rings. The molecule has 102 valence electrons. The molecule has 0 bridgehead atoms. The van der Waals surface area contributed by atoms with Gasteiger partial charge < -0.3 is 10.2 Å². The van der Waals surface area contributed by atoms with E-state index in [1.807, 2.05) is 0 Å². The van der Waals surface area contributed by atoms with E-state index in [9.17, 15) is 12.8 Å². The molecule has 3 N–H and O–H groups in total. The average Bonchev–Trinajstić information content (AvgIpc) is 2.23. The van der Waals surface area contributed by atoms with Gasteiger partial charge in [0.15, 0.2) is 0 Å². The molecule has 1 rings (SSSR count). The zero-order valence-corrected chi connectivity index (χ0v) is 11.0. The van der Waals surface area contributed by atoms with Crippen LogP contribution in [0.4, 0.5) is 4.39 Å². The second kappa shape index (κ2) is 5.75. The number of aryl methyl sites for hydroxylation is 2. The Morgan fingerprint density at radius 2 is 1.67 bits per heavy atom. The van der Waals surface area contributed by atoms with Gasteiger partial charge in [0.2, 0.25) is 10.0 Å². The number of aliphatic hydroxyl groups is 2. The molecule has 1 aromatic rings. The maximum Gasteiger partial charge on any atom is 0.241 e. The lowest BCUT2D eigenvalue weighted by molar-refractivity contribution is 0.185. The lowest BCUT2D eigenvalue weighted by Crippen LogP contribution is -2.40. The SMILES string of the molecule is Cc1cc(F)cc(C)c1S(=O)(=O)NC(CO)CO. The number of halogens is 1. The fourth-order valence-corrected chi connectivity index (χ4v) is 3.40. The zero-order valence-electron chi connectivity index (χ0n) is 10.1. The van der Waals surface area contributed by atoms with Gasteiger partial charge in [0.05, 0.1) is 24.2 Å². The number of hydrogen-bond donors (Lipinski definition) is 3. The van der Waals surface area contributed by atoms with Gasteiger partial charge in [-0.3, -0.25) is 0 Å². The molecule has 0 spiro atoms. The Hall–Kier alpha value is -1.02. The van der Waals surface area contributed by atoms with E-state index in [2.05, 4.69) is 4.72 Å². The summed E-state index contributed by atoms with van der Waals surface area (Å²) in [6.45, 7) is 1.93. The third kappa shape index (κ3) is 3.26. The lowest BCUT2D eigenvalue weighted by atomic mass is 10.1. The maximum absolute atomic E-state index is 13.1. The topological polar surface area (TPSA) is 86.6 Å². The van der Waals surface area contributed by atoms with Crippen molar-refractivity contribution in [2.45, 2.75) is 24.8 Å². The van der Waals surface area contributed by atoms with Crippen LogP contribution in [0.25, 0.3) is 0 Å². The van der Waals surface area contributed by atoms with E-state index < -0.39 is 35.1 Å². The monoisotopic (exact) mass is 277 g/mol. The van der Waals surface area contributed by atoms with Crippen molar-refractivity contribution in [1.82, 2.24) is 4.72 Å². The van der Waals surface area contributed by atoms with Gasteiger partial charge in [-0.2, -0.15) is 0 Å². The fraction of sp³-hybridized carbons (Fsp3) is 0.455. The van der Waals surface area contributed by atoms with E-state index in [0.717, 1.165) is 12.1 Å². The number of benzene rings is 1. The van der Waals surface area contributed by atoms with Crippen LogP contribution < -0.4 is 4.72 Å². The van der Waals surface area contributed by atoms with Gasteiger partial charge in [0, 0.05) is 0 Å². The normalized spacial score (nSPS) is 12.1. The van der Waals surface area contributed by atoms with E-state index in [4.69, 9.17) is 10.2 Å². The van der Waals surface area contributed by atoms with Crippen molar-refractivity contribution in [2.75, 3.05) is 13.2 Å². The molecule has 0 amide bonds. The van der Waals surface area contributed by atoms with Crippen LogP contribution in [0, 0.1) is 19.7 Å². The molecule has 5 nitrogen and oxygen atoms in total. The highest BCUT2D eigenvalue weighted by molar-refractivity contribution is 7.89. The molecule has 0 atom stereocenters. The summed E-state index contributed by atoms with van der Waals surface area (Å²) in [6, 6.07) is 1.27. The van der Waals surface area contributed by atoms with Crippen LogP contribution in [0.5, 0.6) is 0 Å². The predicted octanol–water partition coefficient (Wildman–Crippen LogP) is 0.0740. The van der Waals surface area contributed by atoms with Crippen molar-refractivity contribution in [3.63, 3.8) is 0 Å². The number of sulfonamides is 1. The molecule has 0 aliphatic rings. The molecule has 0 aromatic heterocycles. The van der Waals surface area contributed by atoms with Gasteiger partial charge in [-0.15, -0.1) is 0 Å². The number of rotatable bonds is 5. The maximum atomic E-state index is 13.1. The van der Waals surface area contributed by atoms with Gasteiger partial charge in [0.1, 0.15) is 5.82 Å². The first-order valence-corrected chi connectivity index (χ1v) is 6.81. The summed E-state index contributed by atoms with van der Waals surface area (Å²) in [4.78, 5) is -0.0317. The first-order chi connectivity index (χ1) is 8.31. The molecular weight excluding hydrogens is 261 g/mol. The van der Waals surface area contributed by atoms with Crippen LogP contribution in [0.3, 0.4) is 0 Å². The largest absolute Gasteiger partial charge is 0.395 e. The van der Waals surface area contributed by atoms with Gasteiger partial charge in [-0.1, -0.05) is 0 Å². The Morgan fingerprint density at radius 3 is 2.06 bits per heavy atom. The summed E-state index contributed by atoms with van der Waals surface area (Å²) in [7, 11) is -3.90. The lowest BCUT2D eigenvalue weighted by Gasteiger charge is -2.16. The Kier molecular flexibility index (Phi) is 4.80. The molecule has 0 radical (unpaired) electrons. The van der Waals surface area contributed by atoms with Crippen molar-refractivity contribution in [2.24, 2.45) is 0 Å². The Morgan fingerprint density at radius 1 is 1.22 bits per heavy atom. The highest BCUT2D eigenvalue weighted by Crippen LogP contribution is 2.21. The number of hydrogen-bond acceptors (Lipinski definition) is 4. The highest BCUT2D eigenvalue weighted by atomic mass is 32.2. The molecule has 0 heterocycles. The van der Waals surface area contributed by atoms with Crippen LogP contribution in [0.2, 0.25) is 0 Å². The third-order valence-corrected chi connectivity index (χ3v) is 4.28. The second-order valence-corrected chi connectivity index (χ2v) is 5.70. The van der Waals surface area contributed by atoms with Crippen molar-refractivity contribution < 1.29 is 23.0 Å². The summed E-state index contributed by atoms with van der Waals surface area (Å²) in [6.07, 6.45) is 0. The molecule has 18 heavy (non-hydrogen) atoms. The van der Waals surface area contributed by atoms with Gasteiger partial charge in [-0.25, -0.2) is 17.5 Å². The molecule has 0 aliphatic carbocycles. The predicted molar refractivity (Wildman–Crippen MR) is 64.2 cm³/mol. The zero-order chi connectivity index (χ0) is 13.9. The van der Waals surface area contributed by atoms with E-state index >= 15 is 0 Å². The van der Waals surface area contributed by atoms with Crippen molar-refractivity contribution >= 4 is 10.0 Å². The first-order valence-electron chi connectivity index (χ1n) is 5.32. The van der Waals surface area contributed by atoms with Crippen LogP contribution in [0.15, 0.2) is 17.0 Å². The summed E-state index contributed by atoms with van der Waals surface area (Å²) in [5.74, 6) is -0.509. The second-order valence-electron chi connectivity index (χ2n) is 4.05. The van der Waals surface area contributed by atoms with Crippen LogP contribution in [0.1, 0.15) is 11.1 Å². The van der Waals surface area contributed by atoms with Crippen LogP contribution in [-0.2, 0) is 10.0 Å². The van der Waals surface area contributed by atoms with Gasteiger partial charge >= 0.3 is 0 Å². The fourth-order valence-electron chi connectivity index (χ4n) is 1.73. The molecule has 0 saturated heterocycles. The standard InChI is InChI=1S/C11H16FNO4S/c1-7-3-9(12)4-8(2)11(7)18(16,17)13-10(5-14)6-15/h3-4,10,13-15H,5-6H2,1-2H3. The molecule has 0 aliphatic heterocycles. The van der Waals surface area contributed by atoms with Gasteiger partial charge in [0.25, 0.3) is 0 Å². The van der Waals surface area contributed by atoms with Crippen LogP contribution in [-0.4, -0.2) is 37.9 Å². The Bertz CT molecular complexity index is 503. The van der Waals surface area contributed by atoms with E-state index in [-0.39, 0.29) is 16.0 Å². The summed E-state index contributed by atoms with van der Waals surface area (Å²) in [5.41, 5.74) is 0.546. The first kappa shape index (κ1) is 15.0. The Balaban J connectivity index is 3.21. The Labute approximate surface area is 105 Å². The highest BCUT2D eigenvalue weighted by Gasteiger charge is 2.23. The van der Waals surface area contributed by atoms with E-state index in [0.29, 0.717) is 0 Å². The minimum absolute atomic E-state index is 0.0317. The summed E-state index contributed by atoms with van der Waals surface area (Å²) in [5, 5.41) is 17.7. The minimum Gasteiger partial charge on any atom is -0.395 e. The van der Waals surface area contributed by atoms with Gasteiger partial charge in [-0.05, 0) is 37.1 Å². The summed E-state index contributed by atoms with van der Waals surface area (Å²) < 4.78 is 39.4. The average molecular weight is 277 g/mol. The van der Waals surface area contributed by atoms with Crippen molar-refractivity contribution in [3.05, 3.63) is 29.1 Å². The van der Waals surface area contributed by atoms with Crippen LogP contribution >= 0.6 is 0 Å². The van der Waals surface area contributed by atoms with Crippen molar-refractivity contribution in [3.8, 4) is 0 Å². The molecule has 0 unspecified atom stereocenters. The third-order valence-electron chi connectivity index (χ3n) is 2.46. The molecule has 0 saturated carbocycles. The minimum atomic E-state index is -3.90.